The molecule has 3 rings (SSSR count). The number of nitriles is 1. The zero-order valence-electron chi connectivity index (χ0n) is 13.8. The molecule has 1 amide bonds. The summed E-state index contributed by atoms with van der Waals surface area (Å²) < 4.78 is 1.84. The Morgan fingerprint density at radius 3 is 2.68 bits per heavy atom. The largest absolute Gasteiger partial charge is 0.337 e. The molecule has 8 heteroatoms. The Labute approximate surface area is 155 Å². The van der Waals surface area contributed by atoms with Crippen molar-refractivity contribution in [1.82, 2.24) is 20.1 Å². The van der Waals surface area contributed by atoms with Gasteiger partial charge in [-0.05, 0) is 49.9 Å². The van der Waals surface area contributed by atoms with E-state index >= 15 is 0 Å². The highest BCUT2D eigenvalue weighted by Gasteiger charge is 2.35. The maximum atomic E-state index is 12.2. The summed E-state index contributed by atoms with van der Waals surface area (Å²) >= 11 is 7.22. The third-order valence-electron chi connectivity index (χ3n) is 4.32. The number of nitrogens with zero attached hydrogens (tertiary/aromatic N) is 4. The van der Waals surface area contributed by atoms with E-state index in [0.29, 0.717) is 16.0 Å². The van der Waals surface area contributed by atoms with Crippen molar-refractivity contribution in [3.05, 3.63) is 29.3 Å². The first kappa shape index (κ1) is 17.8. The Kier molecular flexibility index (Phi) is 5.30. The van der Waals surface area contributed by atoms with Gasteiger partial charge in [-0.2, -0.15) is 5.26 Å². The second-order valence-electron chi connectivity index (χ2n) is 6.11. The lowest BCUT2D eigenvalue weighted by atomic mass is 10.0. The molecule has 0 spiro atoms. The highest BCUT2D eigenvalue weighted by atomic mass is 35.5. The van der Waals surface area contributed by atoms with E-state index in [1.807, 2.05) is 23.7 Å². The minimum absolute atomic E-state index is 0.149. The van der Waals surface area contributed by atoms with Gasteiger partial charge in [0, 0.05) is 17.6 Å². The van der Waals surface area contributed by atoms with E-state index in [9.17, 15) is 10.1 Å². The smallest absolute Gasteiger partial charge is 0.231 e. The van der Waals surface area contributed by atoms with Crippen LogP contribution < -0.4 is 5.32 Å². The van der Waals surface area contributed by atoms with Crippen molar-refractivity contribution < 1.29 is 4.79 Å². The predicted molar refractivity (Wildman–Crippen MR) is 97.1 cm³/mol. The highest BCUT2D eigenvalue weighted by molar-refractivity contribution is 7.99. The number of carbonyl (C=O) groups is 1. The summed E-state index contributed by atoms with van der Waals surface area (Å²) in [6.45, 7) is 0. The first-order valence-electron chi connectivity index (χ1n) is 8.03. The predicted octanol–water partition coefficient (Wildman–Crippen LogP) is 3.18. The summed E-state index contributed by atoms with van der Waals surface area (Å²) in [6.07, 6.45) is 3.42. The zero-order chi connectivity index (χ0) is 17.9. The van der Waals surface area contributed by atoms with Gasteiger partial charge >= 0.3 is 0 Å². The average molecular weight is 376 g/mol. The quantitative estimate of drug-likeness (QED) is 0.811. The van der Waals surface area contributed by atoms with E-state index < -0.39 is 5.54 Å². The van der Waals surface area contributed by atoms with Crippen LogP contribution in [0.15, 0.2) is 29.4 Å². The molecule has 0 radical (unpaired) electrons. The van der Waals surface area contributed by atoms with Crippen LogP contribution in [-0.4, -0.2) is 32.0 Å². The van der Waals surface area contributed by atoms with Crippen LogP contribution in [0.2, 0.25) is 5.02 Å². The van der Waals surface area contributed by atoms with Crippen LogP contribution in [0.25, 0.3) is 11.4 Å². The number of rotatable bonds is 5. The molecular formula is C17H18ClN5OS. The molecule has 0 unspecified atom stereocenters. The van der Waals surface area contributed by atoms with Crippen molar-refractivity contribution >= 4 is 29.3 Å². The van der Waals surface area contributed by atoms with Gasteiger partial charge in [-0.3, -0.25) is 4.79 Å². The molecular weight excluding hydrogens is 358 g/mol. The van der Waals surface area contributed by atoms with Crippen molar-refractivity contribution in [1.29, 1.82) is 5.26 Å². The Morgan fingerprint density at radius 2 is 2.04 bits per heavy atom. The van der Waals surface area contributed by atoms with Crippen molar-refractivity contribution in [2.45, 2.75) is 36.4 Å². The average Bonchev–Trinajstić information content (AvgIpc) is 3.21. The van der Waals surface area contributed by atoms with Gasteiger partial charge in [0.1, 0.15) is 5.54 Å². The normalized spacial score (nSPS) is 15.7. The molecule has 0 aliphatic heterocycles. The summed E-state index contributed by atoms with van der Waals surface area (Å²) in [5, 5.41) is 21.9. The van der Waals surface area contributed by atoms with Crippen LogP contribution in [0.5, 0.6) is 0 Å². The van der Waals surface area contributed by atoms with E-state index in [0.717, 1.165) is 31.2 Å². The number of nitrogens with one attached hydrogen (secondary N) is 1. The lowest BCUT2D eigenvalue weighted by molar-refractivity contribution is -0.119. The van der Waals surface area contributed by atoms with Crippen molar-refractivity contribution in [3.63, 3.8) is 0 Å². The Morgan fingerprint density at radius 1 is 1.36 bits per heavy atom. The molecule has 0 saturated heterocycles. The van der Waals surface area contributed by atoms with Crippen LogP contribution in [0.3, 0.4) is 0 Å². The van der Waals surface area contributed by atoms with Crippen LogP contribution in [0, 0.1) is 11.3 Å². The summed E-state index contributed by atoms with van der Waals surface area (Å²) in [5.41, 5.74) is 0.219. The lowest BCUT2D eigenvalue weighted by Crippen LogP contribution is -2.45. The fraction of sp³-hybridized carbons (Fsp3) is 0.412. The number of hydrogen-bond acceptors (Lipinski definition) is 5. The third kappa shape index (κ3) is 3.97. The Balaban J connectivity index is 1.63. The SMILES string of the molecule is Cn1c(SCC(=O)NC2(C#N)CCCC2)nnc1-c1ccc(Cl)cc1. The van der Waals surface area contributed by atoms with Crippen molar-refractivity contribution in [2.75, 3.05) is 5.75 Å². The summed E-state index contributed by atoms with van der Waals surface area (Å²) in [6, 6.07) is 9.62. The van der Waals surface area contributed by atoms with E-state index in [1.165, 1.54) is 11.8 Å². The molecule has 1 fully saturated rings. The monoisotopic (exact) mass is 375 g/mol. The number of thioether (sulfide) groups is 1. The van der Waals surface area contributed by atoms with Gasteiger partial charge in [0.2, 0.25) is 5.91 Å². The Hall–Kier alpha value is -2.04. The first-order valence-corrected chi connectivity index (χ1v) is 9.40. The molecule has 1 heterocycles. The van der Waals surface area contributed by atoms with Gasteiger partial charge in [-0.25, -0.2) is 0 Å². The van der Waals surface area contributed by atoms with E-state index in [2.05, 4.69) is 21.6 Å². The van der Waals surface area contributed by atoms with Gasteiger partial charge in [0.25, 0.3) is 0 Å². The minimum atomic E-state index is -0.688. The van der Waals surface area contributed by atoms with E-state index in [1.54, 1.807) is 12.1 Å². The van der Waals surface area contributed by atoms with Gasteiger partial charge in [0.15, 0.2) is 11.0 Å². The van der Waals surface area contributed by atoms with Gasteiger partial charge in [-0.15, -0.1) is 10.2 Å². The Bertz CT molecular complexity index is 805. The zero-order valence-corrected chi connectivity index (χ0v) is 15.4. The number of halogens is 1. The van der Waals surface area contributed by atoms with Crippen molar-refractivity contribution in [3.8, 4) is 17.5 Å². The van der Waals surface area contributed by atoms with Crippen LogP contribution >= 0.6 is 23.4 Å². The number of amides is 1. The summed E-state index contributed by atoms with van der Waals surface area (Å²) in [4.78, 5) is 12.2. The fourth-order valence-electron chi connectivity index (χ4n) is 2.97. The minimum Gasteiger partial charge on any atom is -0.337 e. The molecule has 2 aromatic rings. The third-order valence-corrected chi connectivity index (χ3v) is 5.59. The second kappa shape index (κ2) is 7.46. The maximum absolute atomic E-state index is 12.2. The summed E-state index contributed by atoms with van der Waals surface area (Å²) in [7, 11) is 1.86. The first-order chi connectivity index (χ1) is 12.0. The highest BCUT2D eigenvalue weighted by Crippen LogP contribution is 2.29. The second-order valence-corrected chi connectivity index (χ2v) is 7.49. The maximum Gasteiger partial charge on any atom is 0.231 e. The number of hydrogen-bond donors (Lipinski definition) is 1. The van der Waals surface area contributed by atoms with Crippen LogP contribution in [0.4, 0.5) is 0 Å². The molecule has 25 heavy (non-hydrogen) atoms. The molecule has 1 aromatic heterocycles. The fourth-order valence-corrected chi connectivity index (χ4v) is 3.80. The molecule has 0 bridgehead atoms. The van der Waals surface area contributed by atoms with E-state index in [-0.39, 0.29) is 11.7 Å². The van der Waals surface area contributed by atoms with Crippen LogP contribution in [0.1, 0.15) is 25.7 Å². The molecule has 1 N–H and O–H groups in total. The molecule has 1 aromatic carbocycles. The molecule has 0 atom stereocenters. The molecule has 6 nitrogen and oxygen atoms in total. The van der Waals surface area contributed by atoms with Crippen LogP contribution in [-0.2, 0) is 11.8 Å². The number of aromatic nitrogens is 3. The topological polar surface area (TPSA) is 83.6 Å². The van der Waals surface area contributed by atoms with Crippen molar-refractivity contribution in [2.24, 2.45) is 7.05 Å². The van der Waals surface area contributed by atoms with Gasteiger partial charge < -0.3 is 9.88 Å². The number of benzene rings is 1. The van der Waals surface area contributed by atoms with Gasteiger partial charge in [-0.1, -0.05) is 23.4 Å². The molecule has 1 aliphatic carbocycles. The molecule has 1 aliphatic rings. The summed E-state index contributed by atoms with van der Waals surface area (Å²) in [5.74, 6) is 0.768. The lowest BCUT2D eigenvalue weighted by Gasteiger charge is -2.21. The van der Waals surface area contributed by atoms with Gasteiger partial charge in [0.05, 0.1) is 11.8 Å². The number of carbonyl (C=O) groups excluding carboxylic acids is 1. The molecule has 130 valence electrons. The van der Waals surface area contributed by atoms with E-state index in [4.69, 9.17) is 11.6 Å². The standard InChI is InChI=1S/C17H18ClN5OS/c1-23-15(12-4-6-13(18)7-5-12)21-22-16(23)25-10-14(24)20-17(11-19)8-2-3-9-17/h4-7H,2-3,8-10H2,1H3,(H,20,24). The molecule has 1 saturated carbocycles.